The minimum Gasteiger partial charge on any atom is -0.454 e. The molecular weight excluding hydrogens is 313 g/mol. The maximum absolute atomic E-state index is 12.6. The predicted molar refractivity (Wildman–Crippen MR) is 64.6 cm³/mol. The van der Waals surface area contributed by atoms with E-state index in [0.717, 1.165) is 0 Å². The van der Waals surface area contributed by atoms with Crippen molar-refractivity contribution in [2.24, 2.45) is 0 Å². The Balaban J connectivity index is 2.15. The fourth-order valence-corrected chi connectivity index (χ4v) is 1.61. The molecule has 5 nitrogen and oxygen atoms in total. The van der Waals surface area contributed by atoms with Gasteiger partial charge in [-0.3, -0.25) is 0 Å². The van der Waals surface area contributed by atoms with Crippen LogP contribution in [0.1, 0.15) is 27.6 Å². The van der Waals surface area contributed by atoms with Crippen molar-refractivity contribution in [2.75, 3.05) is 0 Å². The lowest BCUT2D eigenvalue weighted by Crippen LogP contribution is -2.11. The Morgan fingerprint density at radius 1 is 1.38 bits per heavy atom. The first-order chi connectivity index (χ1) is 9.77. The number of carbonyl (C=O) groups excluding carboxylic acids is 1. The minimum absolute atomic E-state index is 0.261. The van der Waals surface area contributed by atoms with Crippen LogP contribution in [-0.2, 0) is 17.5 Å². The third-order valence-corrected chi connectivity index (χ3v) is 2.70. The topological polar surface area (TPSA) is 65.2 Å². The molecule has 2 rings (SSSR count). The van der Waals surface area contributed by atoms with Crippen molar-refractivity contribution in [3.63, 3.8) is 0 Å². The second-order valence-corrected chi connectivity index (χ2v) is 4.34. The molecule has 0 fully saturated rings. The quantitative estimate of drug-likeness (QED) is 0.640. The number of alkyl halides is 3. The van der Waals surface area contributed by atoms with Crippen molar-refractivity contribution < 1.29 is 27.1 Å². The van der Waals surface area contributed by atoms with Crippen LogP contribution in [0, 0.1) is 6.92 Å². The number of hydrogen-bond donors (Lipinski definition) is 0. The number of hydrogen-bond acceptors (Lipinski definition) is 5. The number of halogens is 4. The van der Waals surface area contributed by atoms with E-state index in [0.29, 0.717) is 18.2 Å². The molecular formula is C12H8ClF3N2O3. The zero-order valence-corrected chi connectivity index (χ0v) is 11.3. The molecule has 0 atom stereocenters. The van der Waals surface area contributed by atoms with Crippen molar-refractivity contribution in [3.8, 4) is 0 Å². The summed E-state index contributed by atoms with van der Waals surface area (Å²) in [6.45, 7) is 1.32. The smallest absolute Gasteiger partial charge is 0.417 e. The highest BCUT2D eigenvalue weighted by atomic mass is 35.5. The molecule has 0 aliphatic rings. The summed E-state index contributed by atoms with van der Waals surface area (Å²) in [5.41, 5.74) is -1.56. The van der Waals surface area contributed by atoms with Crippen molar-refractivity contribution in [1.82, 2.24) is 9.97 Å². The molecule has 0 unspecified atom stereocenters. The Hall–Kier alpha value is -2.09. The average molecular weight is 321 g/mol. The largest absolute Gasteiger partial charge is 0.454 e. The summed E-state index contributed by atoms with van der Waals surface area (Å²) in [7, 11) is 0. The predicted octanol–water partition coefficient (Wildman–Crippen LogP) is 3.41. The van der Waals surface area contributed by atoms with Crippen LogP contribution in [0.2, 0.25) is 5.15 Å². The maximum atomic E-state index is 12.6. The number of nitrogens with zero attached hydrogens (tertiary/aromatic N) is 2. The Bertz CT molecular complexity index is 670. The molecule has 0 saturated heterocycles. The molecule has 112 valence electrons. The van der Waals surface area contributed by atoms with Crippen LogP contribution in [0.4, 0.5) is 13.2 Å². The monoisotopic (exact) mass is 320 g/mol. The number of oxazole rings is 1. The SMILES string of the molecule is Cc1ncc(COC(=O)c2cc(C(F)(F)F)cnc2Cl)o1. The van der Waals surface area contributed by atoms with Gasteiger partial charge in [0.1, 0.15) is 5.15 Å². The summed E-state index contributed by atoms with van der Waals surface area (Å²) in [5.74, 6) is -0.399. The molecule has 0 N–H and O–H groups in total. The van der Waals surface area contributed by atoms with Crippen molar-refractivity contribution in [2.45, 2.75) is 19.7 Å². The summed E-state index contributed by atoms with van der Waals surface area (Å²) in [4.78, 5) is 18.9. The van der Waals surface area contributed by atoms with Crippen molar-refractivity contribution in [1.29, 1.82) is 0 Å². The number of aryl methyl sites for hydroxylation is 1. The van der Waals surface area contributed by atoms with E-state index in [1.54, 1.807) is 6.92 Å². The number of aromatic nitrogens is 2. The lowest BCUT2D eigenvalue weighted by Gasteiger charge is -2.09. The van der Waals surface area contributed by atoms with Gasteiger partial charge in [-0.1, -0.05) is 11.6 Å². The number of pyridine rings is 1. The van der Waals surface area contributed by atoms with Crippen LogP contribution in [0.15, 0.2) is 22.9 Å². The highest BCUT2D eigenvalue weighted by Gasteiger charge is 2.32. The molecule has 2 aromatic rings. The van der Waals surface area contributed by atoms with Crippen LogP contribution < -0.4 is 0 Å². The van der Waals surface area contributed by atoms with Crippen LogP contribution >= 0.6 is 11.6 Å². The van der Waals surface area contributed by atoms with Gasteiger partial charge in [0.25, 0.3) is 0 Å². The van der Waals surface area contributed by atoms with E-state index in [1.165, 1.54) is 6.20 Å². The number of esters is 1. The fraction of sp³-hybridized carbons (Fsp3) is 0.250. The molecule has 0 amide bonds. The summed E-state index contributed by atoms with van der Waals surface area (Å²) < 4.78 is 47.5. The first-order valence-corrected chi connectivity index (χ1v) is 5.96. The van der Waals surface area contributed by atoms with Gasteiger partial charge in [-0.25, -0.2) is 14.8 Å². The summed E-state index contributed by atoms with van der Waals surface area (Å²) >= 11 is 5.61. The molecule has 0 bridgehead atoms. The normalized spacial score (nSPS) is 11.5. The first kappa shape index (κ1) is 15.3. The Morgan fingerprint density at radius 3 is 2.67 bits per heavy atom. The third-order valence-electron chi connectivity index (χ3n) is 2.40. The van der Waals surface area contributed by atoms with E-state index in [2.05, 4.69) is 9.97 Å². The van der Waals surface area contributed by atoms with E-state index in [1.807, 2.05) is 0 Å². The van der Waals surface area contributed by atoms with E-state index in [9.17, 15) is 18.0 Å². The van der Waals surface area contributed by atoms with E-state index >= 15 is 0 Å². The minimum atomic E-state index is -4.63. The first-order valence-electron chi connectivity index (χ1n) is 5.58. The van der Waals surface area contributed by atoms with Crippen LogP contribution in [0.5, 0.6) is 0 Å². The van der Waals surface area contributed by atoms with Crippen LogP contribution in [-0.4, -0.2) is 15.9 Å². The van der Waals surface area contributed by atoms with Gasteiger partial charge >= 0.3 is 12.1 Å². The third kappa shape index (κ3) is 3.72. The van der Waals surface area contributed by atoms with Gasteiger partial charge in [0.15, 0.2) is 18.3 Å². The molecule has 0 spiro atoms. The van der Waals surface area contributed by atoms with Gasteiger partial charge in [0.05, 0.1) is 17.3 Å². The van der Waals surface area contributed by atoms with E-state index in [-0.39, 0.29) is 17.5 Å². The van der Waals surface area contributed by atoms with E-state index < -0.39 is 23.3 Å². The van der Waals surface area contributed by atoms with Gasteiger partial charge in [-0.05, 0) is 6.07 Å². The molecule has 2 aromatic heterocycles. The Kier molecular flexibility index (Phi) is 4.17. The Morgan fingerprint density at radius 2 is 2.10 bits per heavy atom. The highest BCUT2D eigenvalue weighted by molar-refractivity contribution is 6.32. The number of carbonyl (C=O) groups is 1. The summed E-state index contributed by atoms with van der Waals surface area (Å²) in [5, 5.41) is -0.373. The van der Waals surface area contributed by atoms with Crippen LogP contribution in [0.3, 0.4) is 0 Å². The van der Waals surface area contributed by atoms with Gasteiger partial charge < -0.3 is 9.15 Å². The van der Waals surface area contributed by atoms with Crippen molar-refractivity contribution in [3.05, 3.63) is 46.4 Å². The molecule has 0 saturated carbocycles. The average Bonchev–Trinajstić information content (AvgIpc) is 2.81. The number of rotatable bonds is 3. The molecule has 0 aliphatic carbocycles. The van der Waals surface area contributed by atoms with Gasteiger partial charge in [0.2, 0.25) is 0 Å². The summed E-state index contributed by atoms with van der Waals surface area (Å²) in [6, 6.07) is 0.587. The second-order valence-electron chi connectivity index (χ2n) is 3.98. The van der Waals surface area contributed by atoms with Crippen LogP contribution in [0.25, 0.3) is 0 Å². The molecule has 21 heavy (non-hydrogen) atoms. The van der Waals surface area contributed by atoms with Gasteiger partial charge in [-0.15, -0.1) is 0 Å². The lowest BCUT2D eigenvalue weighted by molar-refractivity contribution is -0.137. The fourth-order valence-electron chi connectivity index (χ4n) is 1.43. The number of ether oxygens (including phenoxy) is 1. The second kappa shape index (κ2) is 5.72. The standard InChI is InChI=1S/C12H8ClF3N2O3/c1-6-17-4-8(21-6)5-20-11(19)9-2-7(12(14,15)16)3-18-10(9)13/h2-4H,5H2,1H3. The van der Waals surface area contributed by atoms with Gasteiger partial charge in [0, 0.05) is 13.1 Å². The molecule has 0 aliphatic heterocycles. The molecule has 0 radical (unpaired) electrons. The molecule has 2 heterocycles. The van der Waals surface area contributed by atoms with E-state index in [4.69, 9.17) is 20.8 Å². The molecule has 9 heteroatoms. The lowest BCUT2D eigenvalue weighted by atomic mass is 10.2. The zero-order chi connectivity index (χ0) is 15.6. The van der Waals surface area contributed by atoms with Gasteiger partial charge in [-0.2, -0.15) is 13.2 Å². The zero-order valence-electron chi connectivity index (χ0n) is 10.6. The maximum Gasteiger partial charge on any atom is 0.417 e. The molecule has 0 aromatic carbocycles. The highest BCUT2D eigenvalue weighted by Crippen LogP contribution is 2.30. The Labute approximate surface area is 121 Å². The summed E-state index contributed by atoms with van der Waals surface area (Å²) in [6.07, 6.45) is -2.75. The van der Waals surface area contributed by atoms with Crippen molar-refractivity contribution >= 4 is 17.6 Å².